The number of hydrogen-bond donors (Lipinski definition) is 0. The molecule has 4 rings (SSSR count). The van der Waals surface area contributed by atoms with Gasteiger partial charge in [0.05, 0.1) is 35.0 Å². The summed E-state index contributed by atoms with van der Waals surface area (Å²) in [6.07, 6.45) is 0. The van der Waals surface area contributed by atoms with Crippen LogP contribution in [0.3, 0.4) is 0 Å². The highest BCUT2D eigenvalue weighted by Gasteiger charge is 2.21. The molecule has 1 amide bonds. The number of carbonyl (C=O) groups excluding carboxylic acids is 2. The zero-order valence-electron chi connectivity index (χ0n) is 19.7. The third-order valence-corrected chi connectivity index (χ3v) is 8.32. The molecule has 11 heteroatoms. The van der Waals surface area contributed by atoms with Crippen molar-refractivity contribution in [1.29, 1.82) is 0 Å². The summed E-state index contributed by atoms with van der Waals surface area (Å²) >= 11 is 1.22. The molecule has 3 aromatic carbocycles. The van der Waals surface area contributed by atoms with Crippen LogP contribution >= 0.6 is 11.3 Å². The quantitative estimate of drug-likeness (QED) is 0.342. The molecule has 0 bridgehead atoms. The number of hydrogen-bond acceptors (Lipinski definition) is 7. The number of nitrogens with zero attached hydrogens (tertiary/aromatic N) is 3. The van der Waals surface area contributed by atoms with Crippen molar-refractivity contribution in [3.05, 3.63) is 83.2 Å². The van der Waals surface area contributed by atoms with E-state index in [1.54, 1.807) is 60.2 Å². The second-order valence-electron chi connectivity index (χ2n) is 7.63. The Balaban J connectivity index is 1.68. The van der Waals surface area contributed by atoms with E-state index in [4.69, 9.17) is 9.47 Å². The van der Waals surface area contributed by atoms with Gasteiger partial charge in [-0.25, -0.2) is 8.42 Å². The first-order valence-corrected chi connectivity index (χ1v) is 13.0. The van der Waals surface area contributed by atoms with Crippen molar-refractivity contribution in [1.82, 2.24) is 4.57 Å². The zero-order valence-corrected chi connectivity index (χ0v) is 21.4. The number of anilines is 1. The summed E-state index contributed by atoms with van der Waals surface area (Å²) in [5.41, 5.74) is 1.42. The fourth-order valence-electron chi connectivity index (χ4n) is 3.47. The highest BCUT2D eigenvalue weighted by Crippen LogP contribution is 2.24. The number of sulfonamides is 1. The standard InChI is InChI=1S/C25H23N3O6S2/c1-27(18-7-5-4-6-8-18)36(31,32)20-12-9-17(10-13-20)24(30)26-25-28(16-23(29)34-3)21-14-11-19(33-2)15-22(21)35-25/h4-15H,16H2,1-3H3. The van der Waals surface area contributed by atoms with E-state index in [-0.39, 0.29) is 17.0 Å². The minimum absolute atomic E-state index is 0.0418. The molecule has 0 spiro atoms. The molecule has 0 unspecified atom stereocenters. The van der Waals surface area contributed by atoms with E-state index >= 15 is 0 Å². The molecule has 0 aliphatic carbocycles. The fourth-order valence-corrected chi connectivity index (χ4v) is 5.72. The van der Waals surface area contributed by atoms with Crippen LogP contribution in [0.4, 0.5) is 5.69 Å². The molecule has 186 valence electrons. The molecule has 9 nitrogen and oxygen atoms in total. The van der Waals surface area contributed by atoms with Gasteiger partial charge in [0.15, 0.2) is 4.80 Å². The fraction of sp³-hybridized carbons (Fsp3) is 0.160. The Bertz CT molecular complexity index is 1590. The molecule has 0 atom stereocenters. The van der Waals surface area contributed by atoms with Crippen molar-refractivity contribution in [3.63, 3.8) is 0 Å². The summed E-state index contributed by atoms with van der Waals surface area (Å²) in [6, 6.07) is 19.6. The zero-order chi connectivity index (χ0) is 25.9. The molecule has 1 aromatic heterocycles. The summed E-state index contributed by atoms with van der Waals surface area (Å²) < 4.78 is 39.6. The number of methoxy groups -OCH3 is 2. The highest BCUT2D eigenvalue weighted by molar-refractivity contribution is 7.92. The van der Waals surface area contributed by atoms with Gasteiger partial charge >= 0.3 is 5.97 Å². The van der Waals surface area contributed by atoms with Crippen LogP contribution in [0.1, 0.15) is 10.4 Å². The predicted octanol–water partition coefficient (Wildman–Crippen LogP) is 3.45. The van der Waals surface area contributed by atoms with Gasteiger partial charge in [0, 0.05) is 12.6 Å². The van der Waals surface area contributed by atoms with Crippen LogP contribution in [0.15, 0.2) is 82.7 Å². The lowest BCUT2D eigenvalue weighted by Gasteiger charge is -2.19. The number of carbonyl (C=O) groups is 2. The van der Waals surface area contributed by atoms with E-state index in [9.17, 15) is 18.0 Å². The summed E-state index contributed by atoms with van der Waals surface area (Å²) in [6.45, 7) is -0.127. The summed E-state index contributed by atoms with van der Waals surface area (Å²) in [5.74, 6) is -0.437. The van der Waals surface area contributed by atoms with E-state index in [2.05, 4.69) is 4.99 Å². The number of benzene rings is 3. The number of fused-ring (bicyclic) bond motifs is 1. The molecule has 0 N–H and O–H groups in total. The van der Waals surface area contributed by atoms with Gasteiger partial charge in [0.25, 0.3) is 15.9 Å². The Morgan fingerprint density at radius 1 is 1.00 bits per heavy atom. The average Bonchev–Trinajstić information content (AvgIpc) is 3.24. The third kappa shape index (κ3) is 5.02. The number of para-hydroxylation sites is 1. The van der Waals surface area contributed by atoms with Gasteiger partial charge in [-0.1, -0.05) is 29.5 Å². The normalized spacial score (nSPS) is 11.9. The summed E-state index contributed by atoms with van der Waals surface area (Å²) in [4.78, 5) is 29.5. The maximum atomic E-state index is 13.0. The van der Waals surface area contributed by atoms with Crippen LogP contribution in [0.25, 0.3) is 10.2 Å². The molecule has 0 saturated heterocycles. The number of amides is 1. The molecule has 0 radical (unpaired) electrons. The minimum atomic E-state index is -3.81. The lowest BCUT2D eigenvalue weighted by Crippen LogP contribution is -2.26. The van der Waals surface area contributed by atoms with Crippen LogP contribution in [0, 0.1) is 0 Å². The Morgan fingerprint density at radius 3 is 2.33 bits per heavy atom. The molecule has 0 saturated carbocycles. The van der Waals surface area contributed by atoms with Crippen LogP contribution in [-0.4, -0.2) is 46.1 Å². The lowest BCUT2D eigenvalue weighted by atomic mass is 10.2. The second-order valence-corrected chi connectivity index (χ2v) is 10.6. The number of ether oxygens (including phenoxy) is 2. The maximum absolute atomic E-state index is 13.0. The van der Waals surface area contributed by atoms with Crippen molar-refractivity contribution in [2.75, 3.05) is 25.6 Å². The van der Waals surface area contributed by atoms with Gasteiger partial charge in [0.2, 0.25) is 0 Å². The first kappa shape index (κ1) is 25.1. The third-order valence-electron chi connectivity index (χ3n) is 5.48. The van der Waals surface area contributed by atoms with Gasteiger partial charge in [-0.05, 0) is 54.6 Å². The monoisotopic (exact) mass is 525 g/mol. The molecule has 0 aliphatic heterocycles. The number of rotatable bonds is 7. The van der Waals surface area contributed by atoms with E-state index in [0.717, 1.165) is 4.70 Å². The maximum Gasteiger partial charge on any atom is 0.325 e. The van der Waals surface area contributed by atoms with E-state index in [1.165, 1.54) is 54.1 Å². The predicted molar refractivity (Wildman–Crippen MR) is 137 cm³/mol. The van der Waals surface area contributed by atoms with Crippen molar-refractivity contribution in [2.45, 2.75) is 11.4 Å². The highest BCUT2D eigenvalue weighted by atomic mass is 32.2. The smallest absolute Gasteiger partial charge is 0.325 e. The van der Waals surface area contributed by atoms with E-state index < -0.39 is 21.9 Å². The van der Waals surface area contributed by atoms with Crippen LogP contribution in [0.2, 0.25) is 0 Å². The van der Waals surface area contributed by atoms with Gasteiger partial charge in [-0.3, -0.25) is 13.9 Å². The van der Waals surface area contributed by atoms with Crippen molar-refractivity contribution in [2.24, 2.45) is 4.99 Å². The Hall–Kier alpha value is -3.96. The van der Waals surface area contributed by atoms with E-state index in [1.807, 2.05) is 0 Å². The first-order chi connectivity index (χ1) is 17.2. The largest absolute Gasteiger partial charge is 0.497 e. The molecular weight excluding hydrogens is 502 g/mol. The summed E-state index contributed by atoms with van der Waals surface area (Å²) in [5, 5.41) is 0. The lowest BCUT2D eigenvalue weighted by molar-refractivity contribution is -0.141. The second kappa shape index (κ2) is 10.3. The Morgan fingerprint density at radius 2 is 1.69 bits per heavy atom. The molecule has 1 heterocycles. The first-order valence-electron chi connectivity index (χ1n) is 10.7. The minimum Gasteiger partial charge on any atom is -0.497 e. The summed E-state index contributed by atoms with van der Waals surface area (Å²) in [7, 11) is 0.488. The van der Waals surface area contributed by atoms with Crippen LogP contribution < -0.4 is 13.8 Å². The molecule has 0 fully saturated rings. The number of esters is 1. The van der Waals surface area contributed by atoms with Gasteiger partial charge in [0.1, 0.15) is 12.3 Å². The molecule has 36 heavy (non-hydrogen) atoms. The van der Waals surface area contributed by atoms with Crippen molar-refractivity contribution in [3.8, 4) is 5.75 Å². The van der Waals surface area contributed by atoms with Crippen molar-refractivity contribution >= 4 is 49.1 Å². The van der Waals surface area contributed by atoms with Gasteiger partial charge in [-0.2, -0.15) is 4.99 Å². The average molecular weight is 526 g/mol. The van der Waals surface area contributed by atoms with Gasteiger partial charge < -0.3 is 14.0 Å². The molecule has 0 aliphatic rings. The topological polar surface area (TPSA) is 107 Å². The number of aromatic nitrogens is 1. The molecular formula is C25H23N3O6S2. The van der Waals surface area contributed by atoms with Crippen LogP contribution in [0.5, 0.6) is 5.75 Å². The van der Waals surface area contributed by atoms with E-state index in [0.29, 0.717) is 21.8 Å². The Labute approximate surface area is 211 Å². The Kier molecular flexibility index (Phi) is 7.22. The number of thiazole rings is 1. The van der Waals surface area contributed by atoms with Gasteiger partial charge in [-0.15, -0.1) is 0 Å². The van der Waals surface area contributed by atoms with Crippen LogP contribution in [-0.2, 0) is 26.1 Å². The SMILES string of the molecule is COC(=O)Cn1c(=NC(=O)c2ccc(S(=O)(=O)N(C)c3ccccc3)cc2)sc2cc(OC)ccc21. The molecule has 4 aromatic rings. The van der Waals surface area contributed by atoms with Crippen molar-refractivity contribution < 1.29 is 27.5 Å².